The standard InChI is InChI=1S/C63H102O6/c1-4-7-10-13-16-19-22-25-28-30-31-33-35-38-41-44-47-50-53-56-62(65)68-59-60(58-67-61(64)55-52-49-46-43-40-37-34-27-24-21-18-15-12-9-6-3)69-63(66)57-54-51-48-45-42-39-36-32-29-26-23-20-17-14-11-8-5-2/h16-17,19-21,24-26,28-29,31,33,36,38-39,41,45,47-48,50,60H,4-15,18,22-23,27,30,32,34-35,37,40,42-44,46,49,51-59H2,1-3H3/b19-16-,20-17-,24-21-,28-25-,29-26-,33-31-,39-36-,41-38-,48-45-,50-47-/t60-/m0/s1. The van der Waals surface area contributed by atoms with Gasteiger partial charge in [-0.1, -0.05) is 219 Å². The monoisotopic (exact) mass is 955 g/mol. The summed E-state index contributed by atoms with van der Waals surface area (Å²) in [6, 6.07) is 0. The molecule has 1 atom stereocenters. The van der Waals surface area contributed by atoms with Crippen LogP contribution in [-0.4, -0.2) is 37.2 Å². The molecule has 0 unspecified atom stereocenters. The number of hydrogen-bond donors (Lipinski definition) is 0. The summed E-state index contributed by atoms with van der Waals surface area (Å²) in [6.07, 6.45) is 77.7. The van der Waals surface area contributed by atoms with Gasteiger partial charge in [-0.05, 0) is 122 Å². The summed E-state index contributed by atoms with van der Waals surface area (Å²) in [7, 11) is 0. The number of carbonyl (C=O) groups is 3. The maximum absolute atomic E-state index is 12.8. The largest absolute Gasteiger partial charge is 0.462 e. The van der Waals surface area contributed by atoms with Gasteiger partial charge in [-0.25, -0.2) is 0 Å². The number of esters is 3. The molecule has 390 valence electrons. The van der Waals surface area contributed by atoms with Gasteiger partial charge < -0.3 is 14.2 Å². The number of carbonyl (C=O) groups excluding carboxylic acids is 3. The highest BCUT2D eigenvalue weighted by Gasteiger charge is 2.19. The van der Waals surface area contributed by atoms with Crippen molar-refractivity contribution in [1.29, 1.82) is 0 Å². The molecule has 0 aliphatic heterocycles. The first-order chi connectivity index (χ1) is 34.0. The molecule has 0 aromatic heterocycles. The van der Waals surface area contributed by atoms with Crippen LogP contribution in [0.1, 0.15) is 239 Å². The number of unbranched alkanes of at least 4 members (excludes halogenated alkanes) is 18. The van der Waals surface area contributed by atoms with E-state index in [1.165, 1.54) is 116 Å². The van der Waals surface area contributed by atoms with E-state index in [2.05, 4.69) is 130 Å². The Labute approximate surface area is 424 Å². The van der Waals surface area contributed by atoms with Gasteiger partial charge in [0.05, 0.1) is 0 Å². The minimum Gasteiger partial charge on any atom is -0.462 e. The normalized spacial score (nSPS) is 13.0. The zero-order valence-electron chi connectivity index (χ0n) is 44.5. The van der Waals surface area contributed by atoms with E-state index in [9.17, 15) is 14.4 Å². The van der Waals surface area contributed by atoms with Gasteiger partial charge in [-0.3, -0.25) is 14.4 Å². The molecular weight excluding hydrogens is 853 g/mol. The van der Waals surface area contributed by atoms with E-state index < -0.39 is 6.10 Å². The minimum absolute atomic E-state index is 0.128. The Hall–Kier alpha value is -4.19. The quantitative estimate of drug-likeness (QED) is 0.0262. The average molecular weight is 956 g/mol. The Morgan fingerprint density at radius 3 is 0.986 bits per heavy atom. The third-order valence-corrected chi connectivity index (χ3v) is 11.4. The molecule has 0 aliphatic carbocycles. The van der Waals surface area contributed by atoms with Crippen LogP contribution in [0, 0.1) is 0 Å². The maximum Gasteiger partial charge on any atom is 0.306 e. The Kier molecular flexibility index (Phi) is 53.0. The van der Waals surface area contributed by atoms with Crippen LogP contribution in [0.5, 0.6) is 0 Å². The van der Waals surface area contributed by atoms with Gasteiger partial charge in [-0.15, -0.1) is 0 Å². The molecule has 0 saturated heterocycles. The average Bonchev–Trinajstić information content (AvgIpc) is 3.35. The van der Waals surface area contributed by atoms with E-state index in [4.69, 9.17) is 14.2 Å². The zero-order valence-corrected chi connectivity index (χ0v) is 44.5. The first kappa shape index (κ1) is 64.8. The second-order valence-corrected chi connectivity index (χ2v) is 18.1. The summed E-state index contributed by atoms with van der Waals surface area (Å²) >= 11 is 0. The smallest absolute Gasteiger partial charge is 0.306 e. The van der Waals surface area contributed by atoms with Crippen LogP contribution in [0.2, 0.25) is 0 Å². The van der Waals surface area contributed by atoms with Crippen molar-refractivity contribution < 1.29 is 28.6 Å². The van der Waals surface area contributed by atoms with Gasteiger partial charge in [0.1, 0.15) is 13.2 Å². The summed E-state index contributed by atoms with van der Waals surface area (Å²) in [4.78, 5) is 38.1. The Morgan fingerprint density at radius 1 is 0.290 bits per heavy atom. The van der Waals surface area contributed by atoms with Crippen molar-refractivity contribution in [2.24, 2.45) is 0 Å². The van der Waals surface area contributed by atoms with E-state index in [1.807, 2.05) is 12.2 Å². The molecule has 0 saturated carbocycles. The zero-order chi connectivity index (χ0) is 50.0. The second kappa shape index (κ2) is 56.4. The topological polar surface area (TPSA) is 78.9 Å². The first-order valence-electron chi connectivity index (χ1n) is 28.0. The lowest BCUT2D eigenvalue weighted by Crippen LogP contribution is -2.30. The molecule has 69 heavy (non-hydrogen) atoms. The van der Waals surface area contributed by atoms with Crippen LogP contribution in [0.3, 0.4) is 0 Å². The fourth-order valence-electron chi connectivity index (χ4n) is 7.18. The molecule has 0 N–H and O–H groups in total. The van der Waals surface area contributed by atoms with Gasteiger partial charge in [0.2, 0.25) is 0 Å². The molecule has 0 heterocycles. The van der Waals surface area contributed by atoms with Crippen LogP contribution in [0.25, 0.3) is 0 Å². The Bertz CT molecular complexity index is 1470. The predicted octanol–water partition coefficient (Wildman–Crippen LogP) is 18.9. The molecule has 6 heteroatoms. The molecule has 0 fully saturated rings. The summed E-state index contributed by atoms with van der Waals surface area (Å²) in [5.74, 6) is -1.08. The maximum atomic E-state index is 12.8. The van der Waals surface area contributed by atoms with E-state index in [0.29, 0.717) is 19.3 Å². The van der Waals surface area contributed by atoms with Crippen LogP contribution in [-0.2, 0) is 28.6 Å². The van der Waals surface area contributed by atoms with Gasteiger partial charge in [0.15, 0.2) is 6.10 Å². The van der Waals surface area contributed by atoms with Crippen LogP contribution >= 0.6 is 0 Å². The van der Waals surface area contributed by atoms with Crippen molar-refractivity contribution in [3.8, 4) is 0 Å². The molecule has 0 radical (unpaired) electrons. The van der Waals surface area contributed by atoms with E-state index in [0.717, 1.165) is 70.6 Å². The highest BCUT2D eigenvalue weighted by Crippen LogP contribution is 2.13. The molecule has 0 amide bonds. The Balaban J connectivity index is 4.61. The first-order valence-corrected chi connectivity index (χ1v) is 28.0. The van der Waals surface area contributed by atoms with Crippen LogP contribution in [0.4, 0.5) is 0 Å². The number of hydrogen-bond acceptors (Lipinski definition) is 6. The lowest BCUT2D eigenvalue weighted by atomic mass is 10.1. The van der Waals surface area contributed by atoms with Crippen molar-refractivity contribution in [3.63, 3.8) is 0 Å². The minimum atomic E-state index is -0.842. The summed E-state index contributed by atoms with van der Waals surface area (Å²) < 4.78 is 16.7. The van der Waals surface area contributed by atoms with Crippen LogP contribution in [0.15, 0.2) is 122 Å². The van der Waals surface area contributed by atoms with Crippen molar-refractivity contribution in [1.82, 2.24) is 0 Å². The van der Waals surface area contributed by atoms with Crippen molar-refractivity contribution in [3.05, 3.63) is 122 Å². The molecule has 6 nitrogen and oxygen atoms in total. The van der Waals surface area contributed by atoms with Crippen molar-refractivity contribution >= 4 is 17.9 Å². The van der Waals surface area contributed by atoms with E-state index in [-0.39, 0.29) is 44.0 Å². The fraction of sp³-hybridized carbons (Fsp3) is 0.635. The molecule has 0 aromatic rings. The van der Waals surface area contributed by atoms with E-state index in [1.54, 1.807) is 0 Å². The third-order valence-electron chi connectivity index (χ3n) is 11.4. The fourth-order valence-corrected chi connectivity index (χ4v) is 7.18. The number of allylic oxidation sites excluding steroid dienone is 20. The highest BCUT2D eigenvalue weighted by molar-refractivity contribution is 5.71. The Morgan fingerprint density at radius 2 is 0.565 bits per heavy atom. The summed E-state index contributed by atoms with van der Waals surface area (Å²) in [5.41, 5.74) is 0. The van der Waals surface area contributed by atoms with Crippen molar-refractivity contribution in [2.45, 2.75) is 245 Å². The highest BCUT2D eigenvalue weighted by atomic mass is 16.6. The van der Waals surface area contributed by atoms with Gasteiger partial charge in [0.25, 0.3) is 0 Å². The molecule has 0 bridgehead atoms. The molecule has 0 spiro atoms. The van der Waals surface area contributed by atoms with Gasteiger partial charge >= 0.3 is 17.9 Å². The van der Waals surface area contributed by atoms with Crippen LogP contribution < -0.4 is 0 Å². The third kappa shape index (κ3) is 54.6. The van der Waals surface area contributed by atoms with E-state index >= 15 is 0 Å². The SMILES string of the molecule is CCCCC/C=C\C/C=C\C/C=C\C/C=C\C/C=C\CCC(=O)OC[C@H](COC(=O)CCCCCCCCC/C=C\CCCCCC)OC(=O)CCC/C=C\C/C=C\C/C=C\C/C=C\CCCCC. The number of rotatable bonds is 49. The molecule has 0 aliphatic rings. The lowest BCUT2D eigenvalue weighted by Gasteiger charge is -2.18. The second-order valence-electron chi connectivity index (χ2n) is 18.1. The summed E-state index contributed by atoms with van der Waals surface area (Å²) in [6.45, 7) is 6.45. The molecular formula is C63H102O6. The lowest BCUT2D eigenvalue weighted by molar-refractivity contribution is -0.166. The van der Waals surface area contributed by atoms with Crippen molar-refractivity contribution in [2.75, 3.05) is 13.2 Å². The molecule has 0 aromatic carbocycles. The molecule has 0 rings (SSSR count). The summed E-state index contributed by atoms with van der Waals surface area (Å²) in [5, 5.41) is 0. The number of ether oxygens (including phenoxy) is 3. The van der Waals surface area contributed by atoms with Gasteiger partial charge in [-0.2, -0.15) is 0 Å². The van der Waals surface area contributed by atoms with Gasteiger partial charge in [0, 0.05) is 19.3 Å². The predicted molar refractivity (Wildman–Crippen MR) is 297 cm³/mol.